The van der Waals surface area contributed by atoms with Gasteiger partial charge in [-0.1, -0.05) is 20.8 Å². The van der Waals surface area contributed by atoms with Crippen LogP contribution in [0.1, 0.15) is 46.5 Å². The summed E-state index contributed by atoms with van der Waals surface area (Å²) in [5, 5.41) is 9.08. The van der Waals surface area contributed by atoms with Gasteiger partial charge in [-0.3, -0.25) is 9.59 Å². The zero-order valence-corrected chi connectivity index (χ0v) is 13.1. The van der Waals surface area contributed by atoms with Crippen LogP contribution >= 0.6 is 0 Å². The molecule has 5 nitrogen and oxygen atoms in total. The highest BCUT2D eigenvalue weighted by atomic mass is 16.2. The summed E-state index contributed by atoms with van der Waals surface area (Å²) in [5.41, 5.74) is -0.398. The Balaban J connectivity index is 2.04. The first-order chi connectivity index (χ1) is 9.39. The number of hydrogen-bond acceptors (Lipinski definition) is 3. The van der Waals surface area contributed by atoms with E-state index in [0.29, 0.717) is 18.9 Å². The fourth-order valence-electron chi connectivity index (χ4n) is 2.23. The fraction of sp³-hybridized carbons (Fsp3) is 0.867. The Morgan fingerprint density at radius 3 is 2.55 bits per heavy atom. The van der Waals surface area contributed by atoms with E-state index in [2.05, 4.69) is 16.0 Å². The third-order valence-corrected chi connectivity index (χ3v) is 3.59. The average molecular weight is 283 g/mol. The third-order valence-electron chi connectivity index (χ3n) is 3.59. The summed E-state index contributed by atoms with van der Waals surface area (Å²) in [5.74, 6) is 0.686. The second kappa shape index (κ2) is 8.25. The smallest absolute Gasteiger partial charge is 0.225 e. The van der Waals surface area contributed by atoms with E-state index in [0.717, 1.165) is 26.1 Å². The number of hydrogen-bond donors (Lipinski definition) is 3. The molecule has 1 fully saturated rings. The molecule has 20 heavy (non-hydrogen) atoms. The molecular weight excluding hydrogens is 254 g/mol. The van der Waals surface area contributed by atoms with Gasteiger partial charge in [0, 0.05) is 24.9 Å². The molecule has 1 rings (SSSR count). The van der Waals surface area contributed by atoms with Crippen LogP contribution < -0.4 is 16.0 Å². The zero-order valence-electron chi connectivity index (χ0n) is 13.1. The van der Waals surface area contributed by atoms with E-state index in [4.69, 9.17) is 0 Å². The molecule has 3 N–H and O–H groups in total. The first kappa shape index (κ1) is 17.0. The Hall–Kier alpha value is -1.10. The van der Waals surface area contributed by atoms with Gasteiger partial charge in [0.15, 0.2) is 0 Å². The van der Waals surface area contributed by atoms with Crippen molar-refractivity contribution in [1.82, 2.24) is 16.0 Å². The minimum absolute atomic E-state index is 0.0152. The van der Waals surface area contributed by atoms with Crippen molar-refractivity contribution in [1.29, 1.82) is 0 Å². The minimum Gasteiger partial charge on any atom is -0.356 e. The summed E-state index contributed by atoms with van der Waals surface area (Å²) in [6.45, 7) is 8.92. The summed E-state index contributed by atoms with van der Waals surface area (Å²) in [7, 11) is 0. The van der Waals surface area contributed by atoms with Crippen LogP contribution in [-0.2, 0) is 9.59 Å². The number of piperidine rings is 1. The SMILES string of the molecule is CC(C)(C)C(=O)NCCC(=O)NCCC1CCCNC1. The van der Waals surface area contributed by atoms with Gasteiger partial charge >= 0.3 is 0 Å². The number of amides is 2. The van der Waals surface area contributed by atoms with Crippen molar-refractivity contribution in [3.05, 3.63) is 0 Å². The molecule has 116 valence electrons. The highest BCUT2D eigenvalue weighted by molar-refractivity contribution is 5.82. The quantitative estimate of drug-likeness (QED) is 0.682. The second-order valence-corrected chi connectivity index (χ2v) is 6.61. The average Bonchev–Trinajstić information content (AvgIpc) is 2.38. The summed E-state index contributed by atoms with van der Waals surface area (Å²) < 4.78 is 0. The van der Waals surface area contributed by atoms with Crippen molar-refractivity contribution in [2.24, 2.45) is 11.3 Å². The van der Waals surface area contributed by atoms with Gasteiger partial charge in [-0.25, -0.2) is 0 Å². The molecule has 1 unspecified atom stereocenters. The molecule has 1 saturated heterocycles. The Morgan fingerprint density at radius 1 is 1.20 bits per heavy atom. The summed E-state index contributed by atoms with van der Waals surface area (Å²) >= 11 is 0. The van der Waals surface area contributed by atoms with Crippen LogP contribution in [0.25, 0.3) is 0 Å². The number of carbonyl (C=O) groups is 2. The Morgan fingerprint density at radius 2 is 1.95 bits per heavy atom. The normalized spacial score (nSPS) is 19.4. The predicted molar refractivity (Wildman–Crippen MR) is 80.3 cm³/mol. The summed E-state index contributed by atoms with van der Waals surface area (Å²) in [4.78, 5) is 23.3. The second-order valence-electron chi connectivity index (χ2n) is 6.61. The lowest BCUT2D eigenvalue weighted by Crippen LogP contribution is -2.38. The molecular formula is C15H29N3O2. The maximum Gasteiger partial charge on any atom is 0.225 e. The Bertz CT molecular complexity index is 318. The molecule has 5 heteroatoms. The molecule has 2 amide bonds. The summed E-state index contributed by atoms with van der Waals surface area (Å²) in [6, 6.07) is 0. The van der Waals surface area contributed by atoms with E-state index in [9.17, 15) is 9.59 Å². The molecule has 0 aromatic carbocycles. The first-order valence-electron chi connectivity index (χ1n) is 7.65. The number of rotatable bonds is 6. The van der Waals surface area contributed by atoms with Crippen molar-refractivity contribution in [2.45, 2.75) is 46.5 Å². The largest absolute Gasteiger partial charge is 0.356 e. The predicted octanol–water partition coefficient (Wildman–Crippen LogP) is 1.04. The topological polar surface area (TPSA) is 70.2 Å². The lowest BCUT2D eigenvalue weighted by molar-refractivity contribution is -0.128. The van der Waals surface area contributed by atoms with Crippen LogP contribution in [0.15, 0.2) is 0 Å². The summed E-state index contributed by atoms with van der Waals surface area (Å²) in [6.07, 6.45) is 3.87. The number of carbonyl (C=O) groups excluding carboxylic acids is 2. The molecule has 0 bridgehead atoms. The van der Waals surface area contributed by atoms with E-state index < -0.39 is 5.41 Å². The van der Waals surface area contributed by atoms with Crippen LogP contribution in [0, 0.1) is 11.3 Å². The van der Waals surface area contributed by atoms with Crippen molar-refractivity contribution >= 4 is 11.8 Å². The highest BCUT2D eigenvalue weighted by Gasteiger charge is 2.20. The fourth-order valence-corrected chi connectivity index (χ4v) is 2.23. The molecule has 0 aliphatic carbocycles. The van der Waals surface area contributed by atoms with Crippen LogP contribution in [0.4, 0.5) is 0 Å². The maximum absolute atomic E-state index is 11.6. The molecule has 0 aromatic heterocycles. The molecule has 0 aromatic rings. The van der Waals surface area contributed by atoms with E-state index in [1.807, 2.05) is 20.8 Å². The van der Waals surface area contributed by atoms with Gasteiger partial charge < -0.3 is 16.0 Å². The maximum atomic E-state index is 11.6. The first-order valence-corrected chi connectivity index (χ1v) is 7.65. The van der Waals surface area contributed by atoms with E-state index >= 15 is 0 Å². The minimum atomic E-state index is -0.398. The zero-order chi connectivity index (χ0) is 15.0. The van der Waals surface area contributed by atoms with Gasteiger partial charge in [-0.15, -0.1) is 0 Å². The monoisotopic (exact) mass is 283 g/mol. The van der Waals surface area contributed by atoms with Crippen LogP contribution in [0.3, 0.4) is 0 Å². The van der Waals surface area contributed by atoms with Gasteiger partial charge in [0.1, 0.15) is 0 Å². The highest BCUT2D eigenvalue weighted by Crippen LogP contribution is 2.13. The van der Waals surface area contributed by atoms with Crippen molar-refractivity contribution in [3.8, 4) is 0 Å². The molecule has 1 aliphatic heterocycles. The molecule has 1 aliphatic rings. The van der Waals surface area contributed by atoms with Crippen molar-refractivity contribution < 1.29 is 9.59 Å². The van der Waals surface area contributed by atoms with Gasteiger partial charge in [0.2, 0.25) is 11.8 Å². The van der Waals surface area contributed by atoms with Gasteiger partial charge in [0.05, 0.1) is 0 Å². The standard InChI is InChI=1S/C15H29N3O2/c1-15(2,3)14(20)18-10-7-13(19)17-9-6-12-5-4-8-16-11-12/h12,16H,4-11H2,1-3H3,(H,17,19)(H,18,20). The molecule has 0 radical (unpaired) electrons. The van der Waals surface area contributed by atoms with Crippen LogP contribution in [-0.4, -0.2) is 38.0 Å². The van der Waals surface area contributed by atoms with Crippen LogP contribution in [0.5, 0.6) is 0 Å². The Kier molecular flexibility index (Phi) is 6.99. The molecule has 1 atom stereocenters. The lowest BCUT2D eigenvalue weighted by Gasteiger charge is -2.22. The van der Waals surface area contributed by atoms with Crippen molar-refractivity contribution in [3.63, 3.8) is 0 Å². The van der Waals surface area contributed by atoms with E-state index in [1.165, 1.54) is 12.8 Å². The molecule has 0 saturated carbocycles. The van der Waals surface area contributed by atoms with E-state index in [-0.39, 0.29) is 11.8 Å². The van der Waals surface area contributed by atoms with Gasteiger partial charge in [-0.2, -0.15) is 0 Å². The van der Waals surface area contributed by atoms with Crippen molar-refractivity contribution in [2.75, 3.05) is 26.2 Å². The van der Waals surface area contributed by atoms with Crippen LogP contribution in [0.2, 0.25) is 0 Å². The number of nitrogens with one attached hydrogen (secondary N) is 3. The van der Waals surface area contributed by atoms with Gasteiger partial charge in [0.25, 0.3) is 0 Å². The molecule has 1 heterocycles. The lowest BCUT2D eigenvalue weighted by atomic mass is 9.96. The third kappa shape index (κ3) is 6.89. The molecule has 0 spiro atoms. The van der Waals surface area contributed by atoms with Gasteiger partial charge in [-0.05, 0) is 38.3 Å². The Labute approximate surface area is 122 Å². The van der Waals surface area contributed by atoms with E-state index in [1.54, 1.807) is 0 Å².